The number of anilines is 1. The summed E-state index contributed by atoms with van der Waals surface area (Å²) in [6.45, 7) is 2.90. The Hall–Kier alpha value is -1.42. The number of rotatable bonds is 4. The van der Waals surface area contributed by atoms with Gasteiger partial charge in [0.15, 0.2) is 0 Å². The van der Waals surface area contributed by atoms with Gasteiger partial charge in [-0.2, -0.15) is 5.10 Å². The Bertz CT molecular complexity index is 505. The van der Waals surface area contributed by atoms with Gasteiger partial charge in [-0.1, -0.05) is 6.07 Å². The minimum atomic E-state index is 0.817. The van der Waals surface area contributed by atoms with Gasteiger partial charge in [-0.3, -0.25) is 4.68 Å². The first-order valence-electron chi connectivity index (χ1n) is 5.56. The summed E-state index contributed by atoms with van der Waals surface area (Å²) in [6.07, 6.45) is 4.01. The van der Waals surface area contributed by atoms with Crippen molar-refractivity contribution in [2.75, 3.05) is 11.6 Å². The summed E-state index contributed by atoms with van der Waals surface area (Å²) in [4.78, 5) is 1.28. The molecule has 1 aromatic carbocycles. The van der Waals surface area contributed by atoms with E-state index in [1.54, 1.807) is 11.8 Å². The lowest BCUT2D eigenvalue weighted by Crippen LogP contribution is -2.01. The highest BCUT2D eigenvalue weighted by Gasteiger charge is 2.03. The summed E-state index contributed by atoms with van der Waals surface area (Å²) in [5, 5.41) is 7.66. The third-order valence-corrected chi connectivity index (χ3v) is 3.61. The van der Waals surface area contributed by atoms with Crippen LogP contribution in [0.5, 0.6) is 0 Å². The van der Waals surface area contributed by atoms with Crippen molar-refractivity contribution in [1.82, 2.24) is 9.78 Å². The van der Waals surface area contributed by atoms with Crippen molar-refractivity contribution in [2.24, 2.45) is 7.05 Å². The van der Waals surface area contributed by atoms with Crippen LogP contribution in [0.3, 0.4) is 0 Å². The number of hydrogen-bond donors (Lipinski definition) is 1. The van der Waals surface area contributed by atoms with E-state index < -0.39 is 0 Å². The maximum atomic E-state index is 4.23. The van der Waals surface area contributed by atoms with Crippen molar-refractivity contribution < 1.29 is 0 Å². The number of benzene rings is 1. The molecule has 0 atom stereocenters. The van der Waals surface area contributed by atoms with E-state index in [-0.39, 0.29) is 0 Å². The van der Waals surface area contributed by atoms with Gasteiger partial charge in [0, 0.05) is 35.4 Å². The molecule has 0 saturated heterocycles. The third-order valence-electron chi connectivity index (χ3n) is 2.89. The molecule has 2 aromatic rings. The zero-order valence-corrected chi connectivity index (χ0v) is 11.2. The summed E-state index contributed by atoms with van der Waals surface area (Å²) >= 11 is 1.76. The van der Waals surface area contributed by atoms with Crippen LogP contribution >= 0.6 is 11.8 Å². The predicted molar refractivity (Wildman–Crippen MR) is 73.5 cm³/mol. The van der Waals surface area contributed by atoms with E-state index in [0.717, 1.165) is 12.2 Å². The van der Waals surface area contributed by atoms with Gasteiger partial charge < -0.3 is 5.32 Å². The number of thioether (sulfide) groups is 1. The van der Waals surface area contributed by atoms with Gasteiger partial charge in [-0.25, -0.2) is 0 Å². The standard InChI is InChI=1S/C13H17N3S/c1-10-11(9-15-16(10)2)8-14-12-5-4-6-13(7-12)17-3/h4-7,9,14H,8H2,1-3H3. The van der Waals surface area contributed by atoms with Gasteiger partial charge in [-0.15, -0.1) is 11.8 Å². The van der Waals surface area contributed by atoms with Crippen molar-refractivity contribution >= 4 is 17.4 Å². The highest BCUT2D eigenvalue weighted by atomic mass is 32.2. The number of nitrogens with zero attached hydrogens (tertiary/aromatic N) is 2. The fourth-order valence-corrected chi connectivity index (χ4v) is 2.11. The van der Waals surface area contributed by atoms with Crippen LogP contribution in [0, 0.1) is 6.92 Å². The average Bonchev–Trinajstić information content (AvgIpc) is 2.68. The van der Waals surface area contributed by atoms with Gasteiger partial charge in [0.2, 0.25) is 0 Å². The molecule has 0 fully saturated rings. The van der Waals surface area contributed by atoms with Crippen LogP contribution in [0.25, 0.3) is 0 Å². The normalized spacial score (nSPS) is 10.5. The summed E-state index contributed by atoms with van der Waals surface area (Å²) in [5.41, 5.74) is 3.60. The van der Waals surface area contributed by atoms with E-state index in [9.17, 15) is 0 Å². The first-order chi connectivity index (χ1) is 8.20. The van der Waals surface area contributed by atoms with Crippen LogP contribution in [0.4, 0.5) is 5.69 Å². The largest absolute Gasteiger partial charge is 0.381 e. The molecule has 0 aliphatic heterocycles. The molecule has 0 aliphatic carbocycles. The van der Waals surface area contributed by atoms with E-state index in [0.29, 0.717) is 0 Å². The first-order valence-corrected chi connectivity index (χ1v) is 6.78. The van der Waals surface area contributed by atoms with Crippen molar-refractivity contribution in [3.8, 4) is 0 Å². The molecule has 0 saturated carbocycles. The van der Waals surface area contributed by atoms with Gasteiger partial charge in [-0.05, 0) is 31.4 Å². The number of hydrogen-bond acceptors (Lipinski definition) is 3. The number of aryl methyl sites for hydroxylation is 1. The second-order valence-corrected chi connectivity index (χ2v) is 4.84. The van der Waals surface area contributed by atoms with E-state index in [1.807, 2.05) is 17.9 Å². The van der Waals surface area contributed by atoms with Crippen molar-refractivity contribution in [3.05, 3.63) is 41.7 Å². The predicted octanol–water partition coefficient (Wildman–Crippen LogP) is 3.06. The topological polar surface area (TPSA) is 29.9 Å². The molecule has 1 heterocycles. The summed E-state index contributed by atoms with van der Waals surface area (Å²) in [5.74, 6) is 0. The fourth-order valence-electron chi connectivity index (χ4n) is 1.65. The van der Waals surface area contributed by atoms with Gasteiger partial charge >= 0.3 is 0 Å². The SMILES string of the molecule is CSc1cccc(NCc2cnn(C)c2C)c1. The molecular weight excluding hydrogens is 230 g/mol. The van der Waals surface area contributed by atoms with Crippen LogP contribution in [-0.4, -0.2) is 16.0 Å². The maximum absolute atomic E-state index is 4.23. The minimum absolute atomic E-state index is 0.817. The highest BCUT2D eigenvalue weighted by molar-refractivity contribution is 7.98. The Morgan fingerprint density at radius 2 is 2.24 bits per heavy atom. The third kappa shape index (κ3) is 2.82. The van der Waals surface area contributed by atoms with Gasteiger partial charge in [0.1, 0.15) is 0 Å². The van der Waals surface area contributed by atoms with E-state index in [4.69, 9.17) is 0 Å². The molecule has 17 heavy (non-hydrogen) atoms. The molecular formula is C13H17N3S. The lowest BCUT2D eigenvalue weighted by molar-refractivity contribution is 0.738. The molecule has 0 spiro atoms. The lowest BCUT2D eigenvalue weighted by Gasteiger charge is -2.07. The average molecular weight is 247 g/mol. The van der Waals surface area contributed by atoms with Crippen LogP contribution in [0.15, 0.2) is 35.4 Å². The number of nitrogens with one attached hydrogen (secondary N) is 1. The van der Waals surface area contributed by atoms with Crippen LogP contribution in [-0.2, 0) is 13.6 Å². The Morgan fingerprint density at radius 3 is 2.88 bits per heavy atom. The Morgan fingerprint density at radius 1 is 1.41 bits per heavy atom. The molecule has 90 valence electrons. The van der Waals surface area contributed by atoms with Crippen LogP contribution in [0.2, 0.25) is 0 Å². The zero-order chi connectivity index (χ0) is 12.3. The first kappa shape index (κ1) is 12.0. The van der Waals surface area contributed by atoms with Crippen LogP contribution in [0.1, 0.15) is 11.3 Å². The van der Waals surface area contributed by atoms with Crippen molar-refractivity contribution in [1.29, 1.82) is 0 Å². The molecule has 0 unspecified atom stereocenters. The molecule has 0 bridgehead atoms. The van der Waals surface area contributed by atoms with Crippen LogP contribution < -0.4 is 5.32 Å². The number of aromatic nitrogens is 2. The highest BCUT2D eigenvalue weighted by Crippen LogP contribution is 2.19. The quantitative estimate of drug-likeness (QED) is 0.842. The van der Waals surface area contributed by atoms with Gasteiger partial charge in [0.25, 0.3) is 0 Å². The molecule has 0 aliphatic rings. The summed E-state index contributed by atoms with van der Waals surface area (Å²) in [7, 11) is 1.97. The van der Waals surface area contributed by atoms with Crippen molar-refractivity contribution in [3.63, 3.8) is 0 Å². The fraction of sp³-hybridized carbons (Fsp3) is 0.308. The monoisotopic (exact) mass is 247 g/mol. The summed E-state index contributed by atoms with van der Waals surface area (Å²) < 4.78 is 1.90. The van der Waals surface area contributed by atoms with Gasteiger partial charge in [0.05, 0.1) is 6.20 Å². The molecule has 0 amide bonds. The second kappa shape index (κ2) is 5.27. The Kier molecular flexibility index (Phi) is 3.74. The molecule has 4 heteroatoms. The molecule has 3 nitrogen and oxygen atoms in total. The Balaban J connectivity index is 2.04. The maximum Gasteiger partial charge on any atom is 0.0542 e. The molecule has 1 N–H and O–H groups in total. The Labute approximate surface area is 106 Å². The lowest BCUT2D eigenvalue weighted by atomic mass is 10.2. The van der Waals surface area contributed by atoms with E-state index in [1.165, 1.54) is 16.2 Å². The molecule has 2 rings (SSSR count). The summed E-state index contributed by atoms with van der Waals surface area (Å²) in [6, 6.07) is 8.44. The molecule has 1 aromatic heterocycles. The van der Waals surface area contributed by atoms with E-state index >= 15 is 0 Å². The minimum Gasteiger partial charge on any atom is -0.381 e. The van der Waals surface area contributed by atoms with Crippen molar-refractivity contribution in [2.45, 2.75) is 18.4 Å². The van der Waals surface area contributed by atoms with E-state index in [2.05, 4.69) is 47.9 Å². The zero-order valence-electron chi connectivity index (χ0n) is 10.4. The second-order valence-electron chi connectivity index (χ2n) is 3.96. The smallest absolute Gasteiger partial charge is 0.0542 e. The molecule has 0 radical (unpaired) electrons.